The van der Waals surface area contributed by atoms with Crippen molar-refractivity contribution in [2.45, 2.75) is 4.90 Å². The molecule has 2 aromatic rings. The van der Waals surface area contributed by atoms with Gasteiger partial charge >= 0.3 is 0 Å². The first kappa shape index (κ1) is 11.4. The van der Waals surface area contributed by atoms with E-state index in [9.17, 15) is 8.42 Å². The van der Waals surface area contributed by atoms with E-state index in [2.05, 4.69) is 15.9 Å². The molecular formula is C10H8BrNO3S. The summed E-state index contributed by atoms with van der Waals surface area (Å²) in [6.45, 7) is 0. The fourth-order valence-corrected chi connectivity index (χ4v) is 2.42. The van der Waals surface area contributed by atoms with Gasteiger partial charge in [-0.15, -0.1) is 0 Å². The lowest BCUT2D eigenvalue weighted by Crippen LogP contribution is -1.98. The number of rotatable bonds is 1. The Morgan fingerprint density at radius 1 is 1.19 bits per heavy atom. The first-order valence-electron chi connectivity index (χ1n) is 4.35. The predicted molar refractivity (Wildman–Crippen MR) is 65.9 cm³/mol. The highest BCUT2D eigenvalue weighted by atomic mass is 79.9. The predicted octanol–water partition coefficient (Wildman–Crippen LogP) is 2.43. The monoisotopic (exact) mass is 301 g/mol. The average molecular weight is 302 g/mol. The summed E-state index contributed by atoms with van der Waals surface area (Å²) in [6, 6.07) is 7.84. The molecule has 0 aliphatic heterocycles. The zero-order valence-electron chi connectivity index (χ0n) is 8.01. The Morgan fingerprint density at radius 2 is 1.81 bits per heavy atom. The van der Waals surface area contributed by atoms with E-state index in [1.807, 2.05) is 0 Å². The summed E-state index contributed by atoms with van der Waals surface area (Å²) < 4.78 is 31.5. The van der Waals surface area contributed by atoms with E-state index < -0.39 is 10.1 Å². The Kier molecular flexibility index (Phi) is 2.65. The van der Waals surface area contributed by atoms with Gasteiger partial charge in [-0.3, -0.25) is 4.55 Å². The topological polar surface area (TPSA) is 80.4 Å². The second-order valence-electron chi connectivity index (χ2n) is 3.33. The summed E-state index contributed by atoms with van der Waals surface area (Å²) in [6.07, 6.45) is 0. The molecule has 4 nitrogen and oxygen atoms in total. The van der Waals surface area contributed by atoms with Gasteiger partial charge in [0.05, 0.1) is 4.90 Å². The van der Waals surface area contributed by atoms with Crippen LogP contribution in [0.4, 0.5) is 5.69 Å². The van der Waals surface area contributed by atoms with Gasteiger partial charge in [0.1, 0.15) is 0 Å². The first-order valence-corrected chi connectivity index (χ1v) is 6.58. The number of anilines is 1. The Hall–Kier alpha value is -1.11. The minimum absolute atomic E-state index is 0.147. The molecular weight excluding hydrogens is 294 g/mol. The van der Waals surface area contributed by atoms with Crippen LogP contribution in [0, 0.1) is 0 Å². The molecule has 6 heteroatoms. The molecule has 0 fully saturated rings. The average Bonchev–Trinajstić information content (AvgIpc) is 2.22. The van der Waals surface area contributed by atoms with Crippen molar-refractivity contribution in [1.82, 2.24) is 0 Å². The van der Waals surface area contributed by atoms with Crippen molar-refractivity contribution in [2.75, 3.05) is 5.73 Å². The summed E-state index contributed by atoms with van der Waals surface area (Å²) in [4.78, 5) is -0.147. The molecule has 0 aliphatic rings. The molecule has 16 heavy (non-hydrogen) atoms. The van der Waals surface area contributed by atoms with Gasteiger partial charge in [-0.05, 0) is 44.9 Å². The van der Waals surface area contributed by atoms with Gasteiger partial charge in [0, 0.05) is 10.2 Å². The Morgan fingerprint density at radius 3 is 2.44 bits per heavy atom. The highest BCUT2D eigenvalue weighted by Crippen LogP contribution is 2.31. The third-order valence-corrected chi connectivity index (χ3v) is 3.99. The summed E-state index contributed by atoms with van der Waals surface area (Å²) in [5, 5.41) is 1.49. The lowest BCUT2D eigenvalue weighted by molar-refractivity contribution is 0.483. The minimum Gasteiger partial charge on any atom is -0.398 e. The maximum absolute atomic E-state index is 11.0. The van der Waals surface area contributed by atoms with Crippen molar-refractivity contribution >= 4 is 42.5 Å². The van der Waals surface area contributed by atoms with E-state index in [-0.39, 0.29) is 4.90 Å². The van der Waals surface area contributed by atoms with E-state index >= 15 is 0 Å². The summed E-state index contributed by atoms with van der Waals surface area (Å²) in [5.41, 5.74) is 6.20. The zero-order valence-corrected chi connectivity index (χ0v) is 10.4. The number of nitrogens with two attached hydrogens (primary N) is 1. The number of fused-ring (bicyclic) bond motifs is 1. The van der Waals surface area contributed by atoms with E-state index in [4.69, 9.17) is 10.3 Å². The van der Waals surface area contributed by atoms with Gasteiger partial charge in [-0.25, -0.2) is 0 Å². The van der Waals surface area contributed by atoms with Crippen LogP contribution in [-0.4, -0.2) is 13.0 Å². The Labute approximate surface area is 101 Å². The standard InChI is InChI=1S/C10H8BrNO3S/c11-10-8-5-7(16(13,14)15)3-1-6(8)2-4-9(10)12/h1-5H,12H2,(H,13,14,15). The molecule has 2 rings (SSSR count). The summed E-state index contributed by atoms with van der Waals surface area (Å²) in [7, 11) is -4.19. The van der Waals surface area contributed by atoms with E-state index in [0.717, 1.165) is 5.39 Å². The zero-order chi connectivity index (χ0) is 11.9. The Balaban J connectivity index is 2.84. The SMILES string of the molecule is Nc1ccc2ccc(S(=O)(=O)O)cc2c1Br. The lowest BCUT2D eigenvalue weighted by Gasteiger charge is -2.05. The van der Waals surface area contributed by atoms with Crippen LogP contribution in [0.3, 0.4) is 0 Å². The summed E-state index contributed by atoms with van der Waals surface area (Å²) >= 11 is 3.28. The van der Waals surface area contributed by atoms with Gasteiger partial charge < -0.3 is 5.73 Å². The number of benzene rings is 2. The second-order valence-corrected chi connectivity index (χ2v) is 5.54. The minimum atomic E-state index is -4.19. The van der Waals surface area contributed by atoms with Crippen molar-refractivity contribution in [2.24, 2.45) is 0 Å². The fourth-order valence-electron chi connectivity index (χ4n) is 1.44. The number of hydrogen-bond donors (Lipinski definition) is 2. The lowest BCUT2D eigenvalue weighted by atomic mass is 10.1. The number of halogens is 1. The van der Waals surface area contributed by atoms with E-state index in [0.29, 0.717) is 15.5 Å². The highest BCUT2D eigenvalue weighted by molar-refractivity contribution is 9.10. The fraction of sp³-hybridized carbons (Fsp3) is 0. The molecule has 0 heterocycles. The normalized spacial score (nSPS) is 11.9. The quantitative estimate of drug-likeness (QED) is 0.626. The highest BCUT2D eigenvalue weighted by Gasteiger charge is 2.11. The molecule has 84 valence electrons. The van der Waals surface area contributed by atoms with Crippen LogP contribution in [-0.2, 0) is 10.1 Å². The smallest absolute Gasteiger partial charge is 0.294 e. The van der Waals surface area contributed by atoms with E-state index in [1.165, 1.54) is 12.1 Å². The van der Waals surface area contributed by atoms with Crippen LogP contribution in [0.25, 0.3) is 10.8 Å². The third-order valence-electron chi connectivity index (χ3n) is 2.25. The molecule has 2 aromatic carbocycles. The summed E-state index contributed by atoms with van der Waals surface area (Å²) in [5.74, 6) is 0. The van der Waals surface area contributed by atoms with Gasteiger partial charge in [-0.1, -0.05) is 12.1 Å². The molecule has 0 aliphatic carbocycles. The molecule has 0 aromatic heterocycles. The largest absolute Gasteiger partial charge is 0.398 e. The molecule has 0 radical (unpaired) electrons. The Bertz CT molecular complexity index is 667. The van der Waals surface area contributed by atoms with Gasteiger partial charge in [-0.2, -0.15) is 8.42 Å². The van der Waals surface area contributed by atoms with Crippen LogP contribution in [0.1, 0.15) is 0 Å². The van der Waals surface area contributed by atoms with Crippen LogP contribution in [0.5, 0.6) is 0 Å². The maximum atomic E-state index is 11.0. The molecule has 0 atom stereocenters. The molecule has 0 saturated heterocycles. The molecule has 0 amide bonds. The molecule has 0 saturated carbocycles. The van der Waals surface area contributed by atoms with Crippen LogP contribution >= 0.6 is 15.9 Å². The molecule has 0 unspecified atom stereocenters. The first-order chi connectivity index (χ1) is 7.39. The molecule has 3 N–H and O–H groups in total. The van der Waals surface area contributed by atoms with Crippen molar-refractivity contribution < 1.29 is 13.0 Å². The van der Waals surface area contributed by atoms with Crippen LogP contribution < -0.4 is 5.73 Å². The van der Waals surface area contributed by atoms with Crippen molar-refractivity contribution in [1.29, 1.82) is 0 Å². The third kappa shape index (κ3) is 1.91. The maximum Gasteiger partial charge on any atom is 0.294 e. The van der Waals surface area contributed by atoms with Gasteiger partial charge in [0.25, 0.3) is 10.1 Å². The van der Waals surface area contributed by atoms with Gasteiger partial charge in [0.2, 0.25) is 0 Å². The van der Waals surface area contributed by atoms with Crippen molar-refractivity contribution in [3.8, 4) is 0 Å². The van der Waals surface area contributed by atoms with Crippen molar-refractivity contribution in [3.63, 3.8) is 0 Å². The second kappa shape index (κ2) is 3.73. The van der Waals surface area contributed by atoms with E-state index in [1.54, 1.807) is 18.2 Å². The van der Waals surface area contributed by atoms with Crippen LogP contribution in [0.2, 0.25) is 0 Å². The number of nitrogen functional groups attached to an aromatic ring is 1. The molecule has 0 bridgehead atoms. The van der Waals surface area contributed by atoms with Crippen LogP contribution in [0.15, 0.2) is 39.7 Å². The number of hydrogen-bond acceptors (Lipinski definition) is 3. The van der Waals surface area contributed by atoms with Gasteiger partial charge in [0.15, 0.2) is 0 Å². The molecule has 0 spiro atoms. The van der Waals surface area contributed by atoms with Crippen molar-refractivity contribution in [3.05, 3.63) is 34.8 Å².